The van der Waals surface area contributed by atoms with Crippen LogP contribution in [0.15, 0.2) is 0 Å². The lowest BCUT2D eigenvalue weighted by molar-refractivity contribution is -0.162. The second-order valence-electron chi connectivity index (χ2n) is 1.53. The van der Waals surface area contributed by atoms with Crippen LogP contribution in [-0.4, -0.2) is 24.0 Å². The van der Waals surface area contributed by atoms with Crippen LogP contribution in [0.3, 0.4) is 0 Å². The molecule has 1 atom stereocenters. The molecule has 0 rings (SSSR count). The van der Waals surface area contributed by atoms with Crippen molar-refractivity contribution in [2.24, 2.45) is 0 Å². The standard InChI is InChI=1S/C5H9FO3/c1-2-3-9-4(6)5(7)8/h4H,2-3H2,1H3,(H,7,8). The molecule has 0 aromatic rings. The quantitative estimate of drug-likeness (QED) is 0.621. The molecule has 0 saturated heterocycles. The molecule has 0 aromatic carbocycles. The zero-order chi connectivity index (χ0) is 7.28. The van der Waals surface area contributed by atoms with Crippen LogP contribution in [0.2, 0.25) is 0 Å². The van der Waals surface area contributed by atoms with Gasteiger partial charge in [-0.15, -0.1) is 0 Å². The van der Waals surface area contributed by atoms with E-state index < -0.39 is 12.3 Å². The maximum Gasteiger partial charge on any atom is 0.366 e. The van der Waals surface area contributed by atoms with Gasteiger partial charge in [-0.05, 0) is 6.42 Å². The van der Waals surface area contributed by atoms with Gasteiger partial charge < -0.3 is 9.84 Å². The Morgan fingerprint density at radius 3 is 2.78 bits per heavy atom. The average Bonchev–Trinajstić information content (AvgIpc) is 1.82. The van der Waals surface area contributed by atoms with E-state index >= 15 is 0 Å². The third-order valence-electron chi connectivity index (χ3n) is 0.662. The molecule has 1 unspecified atom stereocenters. The number of halogens is 1. The van der Waals surface area contributed by atoms with Gasteiger partial charge in [0.25, 0.3) is 6.36 Å². The van der Waals surface area contributed by atoms with Crippen LogP contribution in [0.5, 0.6) is 0 Å². The molecule has 1 N–H and O–H groups in total. The van der Waals surface area contributed by atoms with E-state index in [0.29, 0.717) is 6.42 Å². The number of aliphatic carboxylic acids is 1. The van der Waals surface area contributed by atoms with E-state index in [1.54, 1.807) is 6.92 Å². The Morgan fingerprint density at radius 1 is 1.89 bits per heavy atom. The van der Waals surface area contributed by atoms with E-state index in [1.807, 2.05) is 0 Å². The number of hydrogen-bond donors (Lipinski definition) is 1. The molecule has 0 saturated carbocycles. The molecule has 0 fully saturated rings. The van der Waals surface area contributed by atoms with Crippen LogP contribution < -0.4 is 0 Å². The molecule has 0 bridgehead atoms. The Hall–Kier alpha value is -0.640. The minimum atomic E-state index is -2.16. The number of carboxylic acids is 1. The second-order valence-corrected chi connectivity index (χ2v) is 1.53. The van der Waals surface area contributed by atoms with E-state index in [9.17, 15) is 9.18 Å². The van der Waals surface area contributed by atoms with Crippen LogP contribution in [0.1, 0.15) is 13.3 Å². The fourth-order valence-electron chi connectivity index (χ4n) is 0.293. The van der Waals surface area contributed by atoms with Gasteiger partial charge in [-0.25, -0.2) is 9.18 Å². The SMILES string of the molecule is CCCOC(F)C(=O)O. The first kappa shape index (κ1) is 8.36. The molecule has 9 heavy (non-hydrogen) atoms. The normalized spacial score (nSPS) is 13.1. The highest BCUT2D eigenvalue weighted by atomic mass is 19.1. The topological polar surface area (TPSA) is 46.5 Å². The molecule has 0 aromatic heterocycles. The van der Waals surface area contributed by atoms with Crippen molar-refractivity contribution < 1.29 is 19.0 Å². The third-order valence-corrected chi connectivity index (χ3v) is 0.662. The molecule has 54 valence electrons. The zero-order valence-corrected chi connectivity index (χ0v) is 5.13. The van der Waals surface area contributed by atoms with E-state index in [0.717, 1.165) is 0 Å². The van der Waals surface area contributed by atoms with Crippen LogP contribution in [0, 0.1) is 0 Å². The van der Waals surface area contributed by atoms with Crippen LogP contribution in [0.25, 0.3) is 0 Å². The summed E-state index contributed by atoms with van der Waals surface area (Å²) in [6.07, 6.45) is -1.54. The first-order chi connectivity index (χ1) is 4.18. The van der Waals surface area contributed by atoms with Crippen molar-refractivity contribution >= 4 is 5.97 Å². The second kappa shape index (κ2) is 4.26. The summed E-state index contributed by atoms with van der Waals surface area (Å²) in [5.74, 6) is -1.57. The molecule has 0 spiro atoms. The molecule has 4 heteroatoms. The van der Waals surface area contributed by atoms with Crippen molar-refractivity contribution in [3.05, 3.63) is 0 Å². The smallest absolute Gasteiger partial charge is 0.366 e. The molecular weight excluding hydrogens is 127 g/mol. The predicted octanol–water partition coefficient (Wildman–Crippen LogP) is 0.793. The lowest BCUT2D eigenvalue weighted by Crippen LogP contribution is -2.18. The number of rotatable bonds is 4. The Kier molecular flexibility index (Phi) is 3.96. The molecule has 3 nitrogen and oxygen atoms in total. The summed E-state index contributed by atoms with van der Waals surface area (Å²) in [7, 11) is 0. The number of alkyl halides is 1. The highest BCUT2D eigenvalue weighted by molar-refractivity contribution is 5.70. The van der Waals surface area contributed by atoms with E-state index in [2.05, 4.69) is 4.74 Å². The summed E-state index contributed by atoms with van der Waals surface area (Å²) in [6, 6.07) is 0. The minimum Gasteiger partial charge on any atom is -0.477 e. The molecule has 0 amide bonds. The molecule has 0 radical (unpaired) electrons. The summed E-state index contributed by atoms with van der Waals surface area (Å²) in [5.41, 5.74) is 0. The maximum atomic E-state index is 11.9. The van der Waals surface area contributed by atoms with Crippen molar-refractivity contribution in [1.82, 2.24) is 0 Å². The Labute approximate surface area is 52.4 Å². The third kappa shape index (κ3) is 3.90. The Bertz CT molecular complexity index is 94.2. The Balaban J connectivity index is 3.27. The average molecular weight is 136 g/mol. The molecule has 0 aliphatic heterocycles. The molecule has 0 heterocycles. The number of hydrogen-bond acceptors (Lipinski definition) is 2. The summed E-state index contributed by atoms with van der Waals surface area (Å²) >= 11 is 0. The van der Waals surface area contributed by atoms with Gasteiger partial charge in [-0.2, -0.15) is 0 Å². The maximum absolute atomic E-state index is 11.9. The van der Waals surface area contributed by atoms with Crippen LogP contribution in [-0.2, 0) is 9.53 Å². The zero-order valence-electron chi connectivity index (χ0n) is 5.13. The number of carboxylic acid groups (broad SMARTS) is 1. The Morgan fingerprint density at radius 2 is 2.44 bits per heavy atom. The lowest BCUT2D eigenvalue weighted by atomic mass is 10.5. The van der Waals surface area contributed by atoms with Crippen LogP contribution >= 0.6 is 0 Å². The van der Waals surface area contributed by atoms with Crippen molar-refractivity contribution in [1.29, 1.82) is 0 Å². The van der Waals surface area contributed by atoms with Crippen molar-refractivity contribution in [3.8, 4) is 0 Å². The van der Waals surface area contributed by atoms with Crippen molar-refractivity contribution in [3.63, 3.8) is 0 Å². The summed E-state index contributed by atoms with van der Waals surface area (Å²) in [4.78, 5) is 9.71. The molecule has 0 aliphatic carbocycles. The van der Waals surface area contributed by atoms with Gasteiger partial charge in [0.15, 0.2) is 0 Å². The predicted molar refractivity (Wildman–Crippen MR) is 28.8 cm³/mol. The van der Waals surface area contributed by atoms with E-state index in [4.69, 9.17) is 5.11 Å². The summed E-state index contributed by atoms with van der Waals surface area (Å²) < 4.78 is 16.1. The van der Waals surface area contributed by atoms with Gasteiger partial charge in [-0.1, -0.05) is 6.92 Å². The monoisotopic (exact) mass is 136 g/mol. The van der Waals surface area contributed by atoms with Gasteiger partial charge in [-0.3, -0.25) is 0 Å². The summed E-state index contributed by atoms with van der Waals surface area (Å²) in [6.45, 7) is 1.92. The van der Waals surface area contributed by atoms with Crippen molar-refractivity contribution in [2.45, 2.75) is 19.7 Å². The summed E-state index contributed by atoms with van der Waals surface area (Å²) in [5, 5.41) is 7.91. The highest BCUT2D eigenvalue weighted by Gasteiger charge is 2.14. The van der Waals surface area contributed by atoms with E-state index in [-0.39, 0.29) is 6.61 Å². The van der Waals surface area contributed by atoms with Gasteiger partial charge in [0.1, 0.15) is 0 Å². The van der Waals surface area contributed by atoms with Crippen LogP contribution in [0.4, 0.5) is 4.39 Å². The number of ether oxygens (including phenoxy) is 1. The fourth-order valence-corrected chi connectivity index (χ4v) is 0.293. The fraction of sp³-hybridized carbons (Fsp3) is 0.800. The van der Waals surface area contributed by atoms with Gasteiger partial charge in [0.05, 0.1) is 6.61 Å². The van der Waals surface area contributed by atoms with E-state index in [1.165, 1.54) is 0 Å². The first-order valence-electron chi connectivity index (χ1n) is 2.67. The van der Waals surface area contributed by atoms with Gasteiger partial charge in [0, 0.05) is 0 Å². The minimum absolute atomic E-state index is 0.146. The lowest BCUT2D eigenvalue weighted by Gasteiger charge is -2.01. The molecule has 0 aliphatic rings. The largest absolute Gasteiger partial charge is 0.477 e. The molecular formula is C5H9FO3. The highest BCUT2D eigenvalue weighted by Crippen LogP contribution is 1.93. The van der Waals surface area contributed by atoms with Gasteiger partial charge in [0.2, 0.25) is 0 Å². The first-order valence-corrected chi connectivity index (χ1v) is 2.67. The number of carbonyl (C=O) groups is 1. The van der Waals surface area contributed by atoms with Gasteiger partial charge >= 0.3 is 5.97 Å². The van der Waals surface area contributed by atoms with Crippen molar-refractivity contribution in [2.75, 3.05) is 6.61 Å².